The van der Waals surface area contributed by atoms with Crippen LogP contribution in [0.2, 0.25) is 0 Å². The fourth-order valence-electron chi connectivity index (χ4n) is 4.29. The second-order valence-corrected chi connectivity index (χ2v) is 9.35. The summed E-state index contributed by atoms with van der Waals surface area (Å²) < 4.78 is 37.1. The molecule has 0 bridgehead atoms. The van der Waals surface area contributed by atoms with Crippen molar-refractivity contribution in [2.45, 2.75) is 98.4 Å². The van der Waals surface area contributed by atoms with Gasteiger partial charge in [-0.25, -0.2) is 0 Å². The van der Waals surface area contributed by atoms with Crippen LogP contribution in [0.15, 0.2) is 0 Å². The SMILES string of the molecule is O[C@@H]1[C@@H](O)[C@H](O[C@@H]2CO[C@H](O[C@H]3OC[C@@H](O[C@@H]4OC[C@@H](O)[C@H](O)[C@H]4O)[C@H](O)[C@H]3O)[C@H](O)[C@H]2O)OC[C@H]1O. The average molecular weight is 546 g/mol. The molecule has 4 fully saturated rings. The molecule has 0 aromatic rings. The Labute approximate surface area is 209 Å². The van der Waals surface area contributed by atoms with E-state index < -0.39 is 98.4 Å². The van der Waals surface area contributed by atoms with Crippen LogP contribution < -0.4 is 0 Å². The van der Waals surface area contributed by atoms with E-state index in [1.54, 1.807) is 0 Å². The molecule has 4 aliphatic heterocycles. The number of hydrogen-bond donors (Lipinski definition) is 10. The Balaban J connectivity index is 1.27. The molecule has 37 heavy (non-hydrogen) atoms. The molecule has 16 atom stereocenters. The number of aliphatic hydroxyl groups is 10. The highest BCUT2D eigenvalue weighted by Crippen LogP contribution is 2.28. The summed E-state index contributed by atoms with van der Waals surface area (Å²) in [6, 6.07) is 0. The van der Waals surface area contributed by atoms with Gasteiger partial charge in [-0.15, -0.1) is 0 Å². The Hall–Kier alpha value is -0.680. The number of hydrogen-bond acceptors (Lipinski definition) is 17. The van der Waals surface area contributed by atoms with Crippen LogP contribution in [0.3, 0.4) is 0 Å². The van der Waals surface area contributed by atoms with Crippen molar-refractivity contribution < 1.29 is 84.2 Å². The molecule has 4 rings (SSSR count). The topological polar surface area (TPSA) is 267 Å². The average Bonchev–Trinajstić information content (AvgIpc) is 2.88. The predicted molar refractivity (Wildman–Crippen MR) is 110 cm³/mol. The first-order chi connectivity index (χ1) is 17.5. The highest BCUT2D eigenvalue weighted by molar-refractivity contribution is 4.90. The quantitative estimate of drug-likeness (QED) is 0.148. The van der Waals surface area contributed by atoms with E-state index in [1.807, 2.05) is 0 Å². The van der Waals surface area contributed by atoms with E-state index in [0.717, 1.165) is 0 Å². The van der Waals surface area contributed by atoms with Gasteiger partial charge in [-0.2, -0.15) is 0 Å². The van der Waals surface area contributed by atoms with Crippen LogP contribution in [0.25, 0.3) is 0 Å². The van der Waals surface area contributed by atoms with Crippen LogP contribution in [0.5, 0.6) is 0 Å². The minimum Gasteiger partial charge on any atom is -0.388 e. The van der Waals surface area contributed by atoms with Crippen LogP contribution >= 0.6 is 0 Å². The lowest BCUT2D eigenvalue weighted by atomic mass is 10.0. The molecule has 17 heteroatoms. The third-order valence-electron chi connectivity index (χ3n) is 6.66. The molecule has 0 saturated carbocycles. The molecule has 216 valence electrons. The molecule has 0 unspecified atom stereocenters. The monoisotopic (exact) mass is 546 g/mol. The second-order valence-electron chi connectivity index (χ2n) is 9.35. The third kappa shape index (κ3) is 6.23. The van der Waals surface area contributed by atoms with Gasteiger partial charge < -0.3 is 84.2 Å². The zero-order chi connectivity index (χ0) is 27.0. The lowest BCUT2D eigenvalue weighted by Crippen LogP contribution is -2.62. The van der Waals surface area contributed by atoms with Crippen molar-refractivity contribution in [2.75, 3.05) is 26.4 Å². The van der Waals surface area contributed by atoms with Gasteiger partial charge in [0.2, 0.25) is 0 Å². The number of ether oxygens (including phenoxy) is 7. The van der Waals surface area contributed by atoms with Crippen LogP contribution in [0, 0.1) is 0 Å². The van der Waals surface area contributed by atoms with Crippen molar-refractivity contribution in [3.8, 4) is 0 Å². The summed E-state index contributed by atoms with van der Waals surface area (Å²) in [4.78, 5) is 0. The molecule has 17 nitrogen and oxygen atoms in total. The molecule has 0 aromatic heterocycles. The van der Waals surface area contributed by atoms with E-state index in [-0.39, 0.29) is 26.4 Å². The van der Waals surface area contributed by atoms with Gasteiger partial charge in [0.1, 0.15) is 73.2 Å². The summed E-state index contributed by atoms with van der Waals surface area (Å²) in [5.41, 5.74) is 0. The van der Waals surface area contributed by atoms with Crippen molar-refractivity contribution in [1.82, 2.24) is 0 Å². The largest absolute Gasteiger partial charge is 0.388 e. The normalized spacial score (nSPS) is 53.7. The first kappa shape index (κ1) is 29.3. The second kappa shape index (κ2) is 12.2. The maximum Gasteiger partial charge on any atom is 0.189 e. The maximum atomic E-state index is 10.4. The first-order valence-corrected chi connectivity index (χ1v) is 11.7. The van der Waals surface area contributed by atoms with Gasteiger partial charge in [0.05, 0.1) is 26.4 Å². The lowest BCUT2D eigenvalue weighted by Gasteiger charge is -2.44. The zero-order valence-corrected chi connectivity index (χ0v) is 19.4. The minimum absolute atomic E-state index is 0.334. The molecule has 4 saturated heterocycles. The predicted octanol–water partition coefficient (Wildman–Crippen LogP) is -7.19. The third-order valence-corrected chi connectivity index (χ3v) is 6.66. The van der Waals surface area contributed by atoms with Crippen LogP contribution in [0.1, 0.15) is 0 Å². The summed E-state index contributed by atoms with van der Waals surface area (Å²) in [7, 11) is 0. The molecule has 0 aromatic carbocycles. The molecule has 0 amide bonds. The summed E-state index contributed by atoms with van der Waals surface area (Å²) in [5, 5.41) is 100. The Morgan fingerprint density at radius 1 is 0.351 bits per heavy atom. The van der Waals surface area contributed by atoms with E-state index in [1.165, 1.54) is 0 Å². The van der Waals surface area contributed by atoms with Crippen molar-refractivity contribution in [2.24, 2.45) is 0 Å². The molecule has 4 heterocycles. The van der Waals surface area contributed by atoms with Crippen molar-refractivity contribution in [3.05, 3.63) is 0 Å². The van der Waals surface area contributed by atoms with Gasteiger partial charge in [-0.05, 0) is 0 Å². The zero-order valence-electron chi connectivity index (χ0n) is 19.4. The summed E-state index contributed by atoms with van der Waals surface area (Å²) in [5.74, 6) is 0. The van der Waals surface area contributed by atoms with Crippen LogP contribution in [-0.2, 0) is 33.2 Å². The standard InChI is InChI=1S/C20H34O17/c21-5-1-31-17(13(27)9(5)23)35-7-3-33-19(15(29)11(7)25)37-20-16(30)12(26)8(4-34-20)36-18-14(28)10(24)6(22)2-32-18/h5-30H,1-4H2/t5-,6-,7-,8-,9+,10+,11+,12+,13-,14-,15-,16-,17+,18+,19-,20-/m1/s1. The highest BCUT2D eigenvalue weighted by atomic mass is 16.8. The minimum atomic E-state index is -1.74. The van der Waals surface area contributed by atoms with E-state index in [0.29, 0.717) is 0 Å². The Kier molecular flexibility index (Phi) is 9.69. The van der Waals surface area contributed by atoms with Crippen molar-refractivity contribution in [1.29, 1.82) is 0 Å². The Morgan fingerprint density at radius 3 is 1.03 bits per heavy atom. The lowest BCUT2D eigenvalue weighted by molar-refractivity contribution is -0.373. The van der Waals surface area contributed by atoms with Crippen molar-refractivity contribution >= 4 is 0 Å². The van der Waals surface area contributed by atoms with E-state index in [2.05, 4.69) is 0 Å². The number of rotatable bonds is 6. The molecule has 0 radical (unpaired) electrons. The maximum absolute atomic E-state index is 10.4. The molecular formula is C20H34O17. The van der Waals surface area contributed by atoms with Gasteiger partial charge in [0.15, 0.2) is 25.2 Å². The summed E-state index contributed by atoms with van der Waals surface area (Å²) in [6.45, 7) is -1.43. The van der Waals surface area contributed by atoms with E-state index in [4.69, 9.17) is 33.2 Å². The highest BCUT2D eigenvalue weighted by Gasteiger charge is 2.49. The van der Waals surface area contributed by atoms with Crippen LogP contribution in [-0.4, -0.2) is 176 Å². The Bertz CT molecular complexity index is 673. The summed E-state index contributed by atoms with van der Waals surface area (Å²) >= 11 is 0. The van der Waals surface area contributed by atoms with Gasteiger partial charge in [-0.1, -0.05) is 0 Å². The molecule has 4 aliphatic rings. The smallest absolute Gasteiger partial charge is 0.189 e. The van der Waals surface area contributed by atoms with Gasteiger partial charge in [-0.3, -0.25) is 0 Å². The van der Waals surface area contributed by atoms with Gasteiger partial charge >= 0.3 is 0 Å². The van der Waals surface area contributed by atoms with Gasteiger partial charge in [0, 0.05) is 0 Å². The number of aliphatic hydroxyl groups excluding tert-OH is 10. The molecular weight excluding hydrogens is 512 g/mol. The van der Waals surface area contributed by atoms with Crippen LogP contribution in [0.4, 0.5) is 0 Å². The van der Waals surface area contributed by atoms with Crippen molar-refractivity contribution in [3.63, 3.8) is 0 Å². The summed E-state index contributed by atoms with van der Waals surface area (Å²) in [6.07, 6.45) is -24.1. The van der Waals surface area contributed by atoms with E-state index in [9.17, 15) is 51.1 Å². The first-order valence-electron chi connectivity index (χ1n) is 11.7. The molecule has 10 N–H and O–H groups in total. The fourth-order valence-corrected chi connectivity index (χ4v) is 4.29. The van der Waals surface area contributed by atoms with E-state index >= 15 is 0 Å². The molecule has 0 spiro atoms. The fraction of sp³-hybridized carbons (Fsp3) is 1.00. The molecule has 0 aliphatic carbocycles. The van der Waals surface area contributed by atoms with Gasteiger partial charge in [0.25, 0.3) is 0 Å². The Morgan fingerprint density at radius 2 is 0.649 bits per heavy atom.